The molecule has 30 heavy (non-hydrogen) atoms. The van der Waals surface area contributed by atoms with Crippen molar-refractivity contribution in [2.45, 2.75) is 50.7 Å². The number of carbonyl (C=O) groups is 1. The van der Waals surface area contributed by atoms with E-state index in [1.54, 1.807) is 26.0 Å². The minimum atomic E-state index is -4.44. The molecule has 0 aliphatic heterocycles. The average Bonchev–Trinajstić information content (AvgIpc) is 3.40. The number of hydrogen-bond acceptors (Lipinski definition) is 2. The molecule has 1 aliphatic rings. The first-order valence-corrected chi connectivity index (χ1v) is 9.56. The molecule has 2 aromatic rings. The van der Waals surface area contributed by atoms with Crippen LogP contribution in [0, 0.1) is 18.6 Å². The van der Waals surface area contributed by atoms with Crippen molar-refractivity contribution in [3.63, 3.8) is 0 Å². The SMILES string of the molecule is Cc1ccc(C2(NC(=O)CC(C)c3ccc(F)cc3F)CC2)cc1OCC(F)(F)F. The van der Waals surface area contributed by atoms with Gasteiger partial charge < -0.3 is 10.1 Å². The molecule has 0 saturated heterocycles. The lowest BCUT2D eigenvalue weighted by Gasteiger charge is -2.21. The zero-order valence-corrected chi connectivity index (χ0v) is 16.6. The van der Waals surface area contributed by atoms with Crippen LogP contribution in [0.4, 0.5) is 22.0 Å². The van der Waals surface area contributed by atoms with Gasteiger partial charge in [-0.2, -0.15) is 13.2 Å². The Balaban J connectivity index is 1.68. The summed E-state index contributed by atoms with van der Waals surface area (Å²) in [6.45, 7) is 1.92. The lowest BCUT2D eigenvalue weighted by Crippen LogP contribution is -2.35. The van der Waals surface area contributed by atoms with Crippen LogP contribution in [-0.4, -0.2) is 18.7 Å². The molecule has 8 heteroatoms. The Morgan fingerprint density at radius 2 is 1.87 bits per heavy atom. The van der Waals surface area contributed by atoms with E-state index in [9.17, 15) is 26.7 Å². The number of alkyl halides is 3. The second-order valence-electron chi connectivity index (χ2n) is 7.79. The maximum Gasteiger partial charge on any atom is 0.422 e. The summed E-state index contributed by atoms with van der Waals surface area (Å²) < 4.78 is 69.3. The third-order valence-electron chi connectivity index (χ3n) is 5.25. The van der Waals surface area contributed by atoms with Gasteiger partial charge in [-0.3, -0.25) is 4.79 Å². The summed E-state index contributed by atoms with van der Waals surface area (Å²) >= 11 is 0. The van der Waals surface area contributed by atoms with Gasteiger partial charge >= 0.3 is 6.18 Å². The van der Waals surface area contributed by atoms with Gasteiger partial charge in [-0.25, -0.2) is 8.78 Å². The molecule has 2 aromatic carbocycles. The molecule has 0 aromatic heterocycles. The number of ether oxygens (including phenoxy) is 1. The van der Waals surface area contributed by atoms with Crippen molar-refractivity contribution >= 4 is 5.91 Å². The maximum atomic E-state index is 13.9. The van der Waals surface area contributed by atoms with Gasteiger partial charge in [0.05, 0.1) is 5.54 Å². The summed E-state index contributed by atoms with van der Waals surface area (Å²) in [7, 11) is 0. The summed E-state index contributed by atoms with van der Waals surface area (Å²) in [5, 5.41) is 2.92. The number of halogens is 5. The molecule has 0 bridgehead atoms. The largest absolute Gasteiger partial charge is 0.484 e. The molecule has 1 N–H and O–H groups in total. The fourth-order valence-corrected chi connectivity index (χ4v) is 3.43. The summed E-state index contributed by atoms with van der Waals surface area (Å²) in [5.74, 6) is -2.06. The number of rotatable bonds is 7. The van der Waals surface area contributed by atoms with E-state index in [4.69, 9.17) is 4.74 Å². The Bertz CT molecular complexity index is 938. The molecule has 1 amide bonds. The first-order valence-electron chi connectivity index (χ1n) is 9.56. The Morgan fingerprint density at radius 1 is 1.17 bits per heavy atom. The molecule has 0 radical (unpaired) electrons. The molecule has 3 nitrogen and oxygen atoms in total. The first kappa shape index (κ1) is 22.1. The highest BCUT2D eigenvalue weighted by Crippen LogP contribution is 2.47. The standard InChI is InChI=1S/C22H22F5NO2/c1-13-3-4-15(10-19(13)30-12-22(25,26)27)21(7-8-21)28-20(29)9-14(2)17-6-5-16(23)11-18(17)24/h3-6,10-11,14H,7-9,12H2,1-2H3,(H,28,29). The van der Waals surface area contributed by atoms with Gasteiger partial charge in [-0.1, -0.05) is 25.1 Å². The minimum Gasteiger partial charge on any atom is -0.484 e. The van der Waals surface area contributed by atoms with E-state index in [1.807, 2.05) is 0 Å². The Labute approximate surface area is 171 Å². The molecule has 1 unspecified atom stereocenters. The van der Waals surface area contributed by atoms with Crippen LogP contribution < -0.4 is 10.1 Å². The average molecular weight is 427 g/mol. The summed E-state index contributed by atoms with van der Waals surface area (Å²) in [4.78, 5) is 12.6. The molecule has 3 rings (SSSR count). The monoisotopic (exact) mass is 427 g/mol. The number of nitrogens with one attached hydrogen (secondary N) is 1. The van der Waals surface area contributed by atoms with Gasteiger partial charge in [0.2, 0.25) is 5.91 Å². The smallest absolute Gasteiger partial charge is 0.422 e. The van der Waals surface area contributed by atoms with Crippen molar-refractivity contribution in [3.05, 3.63) is 64.7 Å². The van der Waals surface area contributed by atoms with Gasteiger partial charge in [0, 0.05) is 12.5 Å². The second-order valence-corrected chi connectivity index (χ2v) is 7.79. The van der Waals surface area contributed by atoms with Crippen LogP contribution in [-0.2, 0) is 10.3 Å². The molecule has 1 fully saturated rings. The number of amides is 1. The molecule has 0 spiro atoms. The molecule has 0 heterocycles. The van der Waals surface area contributed by atoms with Crippen LogP contribution in [0.2, 0.25) is 0 Å². The van der Waals surface area contributed by atoms with Crippen LogP contribution in [0.1, 0.15) is 48.8 Å². The Morgan fingerprint density at radius 3 is 2.47 bits per heavy atom. The van der Waals surface area contributed by atoms with E-state index in [0.29, 0.717) is 24.0 Å². The molecule has 1 aliphatic carbocycles. The van der Waals surface area contributed by atoms with E-state index in [-0.39, 0.29) is 23.6 Å². The van der Waals surface area contributed by atoms with Gasteiger partial charge in [-0.05, 0) is 54.5 Å². The van der Waals surface area contributed by atoms with Crippen LogP contribution in [0.25, 0.3) is 0 Å². The highest BCUT2D eigenvalue weighted by molar-refractivity contribution is 5.78. The maximum absolute atomic E-state index is 13.9. The Hall–Kier alpha value is -2.64. The third-order valence-corrected chi connectivity index (χ3v) is 5.25. The Kier molecular flexibility index (Phi) is 6.06. The molecular formula is C22H22F5NO2. The molecular weight excluding hydrogens is 405 g/mol. The highest BCUT2D eigenvalue weighted by Gasteiger charge is 2.46. The van der Waals surface area contributed by atoms with Crippen molar-refractivity contribution in [1.29, 1.82) is 0 Å². The predicted octanol–water partition coefficient (Wildman–Crippen LogP) is 5.51. The fraction of sp³-hybridized carbons (Fsp3) is 0.409. The topological polar surface area (TPSA) is 38.3 Å². The summed E-state index contributed by atoms with van der Waals surface area (Å²) in [6, 6.07) is 8.18. The van der Waals surface area contributed by atoms with Crippen LogP contribution in [0.15, 0.2) is 36.4 Å². The van der Waals surface area contributed by atoms with Crippen molar-refractivity contribution < 1.29 is 31.5 Å². The lowest BCUT2D eigenvalue weighted by molar-refractivity contribution is -0.153. The highest BCUT2D eigenvalue weighted by atomic mass is 19.4. The van der Waals surface area contributed by atoms with Crippen molar-refractivity contribution in [3.8, 4) is 5.75 Å². The zero-order chi connectivity index (χ0) is 22.1. The quantitative estimate of drug-likeness (QED) is 0.592. The molecule has 1 atom stereocenters. The zero-order valence-electron chi connectivity index (χ0n) is 16.6. The van der Waals surface area contributed by atoms with Gasteiger partial charge in [0.1, 0.15) is 17.4 Å². The second kappa shape index (κ2) is 8.24. The van der Waals surface area contributed by atoms with Crippen molar-refractivity contribution in [2.75, 3.05) is 6.61 Å². The number of benzene rings is 2. The van der Waals surface area contributed by atoms with Crippen molar-refractivity contribution in [2.24, 2.45) is 0 Å². The number of hydrogen-bond donors (Lipinski definition) is 1. The van der Waals surface area contributed by atoms with Crippen LogP contribution in [0.5, 0.6) is 5.75 Å². The van der Waals surface area contributed by atoms with Gasteiger partial charge in [-0.15, -0.1) is 0 Å². The fourth-order valence-electron chi connectivity index (χ4n) is 3.43. The molecule has 162 valence electrons. The van der Waals surface area contributed by atoms with Crippen LogP contribution >= 0.6 is 0 Å². The van der Waals surface area contributed by atoms with E-state index in [1.165, 1.54) is 12.1 Å². The van der Waals surface area contributed by atoms with Gasteiger partial charge in [0.15, 0.2) is 6.61 Å². The first-order chi connectivity index (χ1) is 14.0. The van der Waals surface area contributed by atoms with E-state index in [2.05, 4.69) is 5.32 Å². The van der Waals surface area contributed by atoms with E-state index < -0.39 is 35.9 Å². The van der Waals surface area contributed by atoms with E-state index in [0.717, 1.165) is 12.1 Å². The summed E-state index contributed by atoms with van der Waals surface area (Å²) in [5.41, 5.74) is 0.807. The van der Waals surface area contributed by atoms with Crippen molar-refractivity contribution in [1.82, 2.24) is 5.32 Å². The number of carbonyl (C=O) groups excluding carboxylic acids is 1. The van der Waals surface area contributed by atoms with Gasteiger partial charge in [0.25, 0.3) is 0 Å². The normalized spacial score (nSPS) is 16.1. The minimum absolute atomic E-state index is 0.00635. The predicted molar refractivity (Wildman–Crippen MR) is 101 cm³/mol. The molecule has 1 saturated carbocycles. The van der Waals surface area contributed by atoms with E-state index >= 15 is 0 Å². The number of aryl methyl sites for hydroxylation is 1. The van der Waals surface area contributed by atoms with Crippen LogP contribution in [0.3, 0.4) is 0 Å². The summed E-state index contributed by atoms with van der Waals surface area (Å²) in [6.07, 6.45) is -3.17. The lowest BCUT2D eigenvalue weighted by atomic mass is 9.96. The third kappa shape index (κ3) is 5.29.